The van der Waals surface area contributed by atoms with Crippen LogP contribution in [0.1, 0.15) is 65.4 Å². The molecular formula is C30H37N5O2. The van der Waals surface area contributed by atoms with Crippen LogP contribution in [0.15, 0.2) is 48.9 Å². The van der Waals surface area contributed by atoms with Crippen molar-refractivity contribution in [3.05, 3.63) is 60.0 Å². The number of benzene rings is 1. The van der Waals surface area contributed by atoms with Gasteiger partial charge in [-0.3, -0.25) is 4.68 Å². The Kier molecular flexibility index (Phi) is 6.76. The van der Waals surface area contributed by atoms with E-state index >= 15 is 0 Å². The van der Waals surface area contributed by atoms with Crippen molar-refractivity contribution in [3.63, 3.8) is 0 Å². The van der Waals surface area contributed by atoms with E-state index in [2.05, 4.69) is 33.9 Å². The highest BCUT2D eigenvalue weighted by Crippen LogP contribution is 2.34. The lowest BCUT2D eigenvalue weighted by atomic mass is 9.88. The monoisotopic (exact) mass is 501 g/mol. The van der Waals surface area contributed by atoms with Crippen LogP contribution in [0.3, 0.4) is 0 Å². The number of nitrogens with zero attached hydrogens (tertiary/aromatic N) is 4. The van der Waals surface area contributed by atoms with E-state index in [0.29, 0.717) is 17.2 Å². The summed E-state index contributed by atoms with van der Waals surface area (Å²) in [6.45, 7) is 1.67. The molecule has 3 N–H and O–H groups in total. The Morgan fingerprint density at radius 3 is 2.73 bits per heavy atom. The van der Waals surface area contributed by atoms with Gasteiger partial charge in [-0.15, -0.1) is 0 Å². The SMILES string of the molecule is [2H]C([2H])(Oc1cc(-c2cnn(C3CCN(C)CC3)c2)cnc1N)c1cccc(C#CC(C)(O)C2CCCC2)c1. The molecule has 1 aromatic carbocycles. The van der Waals surface area contributed by atoms with Crippen molar-refractivity contribution in [1.29, 1.82) is 0 Å². The summed E-state index contributed by atoms with van der Waals surface area (Å²) in [7, 11) is 2.14. The lowest BCUT2D eigenvalue weighted by Gasteiger charge is -2.28. The quantitative estimate of drug-likeness (QED) is 0.478. The maximum atomic E-state index is 10.8. The summed E-state index contributed by atoms with van der Waals surface area (Å²) in [6.07, 6.45) is 11.8. The van der Waals surface area contributed by atoms with Gasteiger partial charge in [0.1, 0.15) is 12.2 Å². The van der Waals surface area contributed by atoms with E-state index in [1.165, 1.54) is 0 Å². The molecule has 37 heavy (non-hydrogen) atoms. The first-order chi connectivity index (χ1) is 18.6. The lowest BCUT2D eigenvalue weighted by molar-refractivity contribution is 0.0589. The fourth-order valence-corrected chi connectivity index (χ4v) is 5.20. The van der Waals surface area contributed by atoms with Crippen molar-refractivity contribution in [2.75, 3.05) is 25.9 Å². The third-order valence-electron chi connectivity index (χ3n) is 7.63. The average molecular weight is 502 g/mol. The Morgan fingerprint density at radius 2 is 1.95 bits per heavy atom. The topological polar surface area (TPSA) is 89.4 Å². The van der Waals surface area contributed by atoms with Crippen molar-refractivity contribution < 1.29 is 12.6 Å². The molecule has 3 heterocycles. The first kappa shape index (κ1) is 22.8. The normalized spacial score (nSPS) is 20.0. The number of aromatic nitrogens is 3. The number of anilines is 1. The second-order valence-electron chi connectivity index (χ2n) is 10.5. The molecule has 1 aliphatic carbocycles. The molecule has 2 aromatic heterocycles. The van der Waals surface area contributed by atoms with E-state index < -0.39 is 12.2 Å². The van der Waals surface area contributed by atoms with Crippen molar-refractivity contribution >= 4 is 5.82 Å². The molecule has 0 spiro atoms. The molecule has 7 heteroatoms. The number of ether oxygens (including phenoxy) is 1. The second-order valence-corrected chi connectivity index (χ2v) is 10.5. The summed E-state index contributed by atoms with van der Waals surface area (Å²) < 4.78 is 25.1. The summed E-state index contributed by atoms with van der Waals surface area (Å²) in [4.78, 5) is 6.59. The third-order valence-corrected chi connectivity index (χ3v) is 7.63. The highest BCUT2D eigenvalue weighted by Gasteiger charge is 2.32. The minimum Gasteiger partial charge on any atom is -0.485 e. The van der Waals surface area contributed by atoms with Crippen LogP contribution in [-0.2, 0) is 6.56 Å². The highest BCUT2D eigenvalue weighted by atomic mass is 16.5. The van der Waals surface area contributed by atoms with Gasteiger partial charge in [0.05, 0.1) is 15.0 Å². The van der Waals surface area contributed by atoms with Crippen LogP contribution in [0.25, 0.3) is 11.1 Å². The number of likely N-dealkylation sites (tertiary alicyclic amines) is 1. The van der Waals surface area contributed by atoms with Gasteiger partial charge in [-0.2, -0.15) is 5.10 Å². The van der Waals surface area contributed by atoms with Crippen LogP contribution in [0.5, 0.6) is 5.75 Å². The van der Waals surface area contributed by atoms with Crippen molar-refractivity contribution in [3.8, 4) is 28.7 Å². The Hall–Kier alpha value is -3.34. The first-order valence-corrected chi connectivity index (χ1v) is 13.1. The number of nitrogen functional groups attached to an aromatic ring is 1. The molecule has 0 radical (unpaired) electrons. The zero-order chi connectivity index (χ0) is 27.6. The van der Waals surface area contributed by atoms with Gasteiger partial charge in [0.15, 0.2) is 11.6 Å². The molecule has 1 atom stereocenters. The minimum absolute atomic E-state index is 0.105. The van der Waals surface area contributed by atoms with E-state index in [1.807, 2.05) is 10.9 Å². The molecule has 1 saturated carbocycles. The van der Waals surface area contributed by atoms with E-state index in [4.69, 9.17) is 13.2 Å². The zero-order valence-corrected chi connectivity index (χ0v) is 21.7. The number of piperidine rings is 1. The molecule has 0 bridgehead atoms. The number of rotatable bonds is 6. The van der Waals surface area contributed by atoms with Gasteiger partial charge in [-0.05, 0) is 82.4 Å². The van der Waals surface area contributed by atoms with Crippen molar-refractivity contribution in [2.24, 2.45) is 5.92 Å². The number of pyridine rings is 1. The van der Waals surface area contributed by atoms with E-state index in [0.717, 1.165) is 62.7 Å². The molecule has 3 aromatic rings. The smallest absolute Gasteiger partial charge is 0.166 e. The Labute approximate surface area is 222 Å². The molecule has 7 nitrogen and oxygen atoms in total. The molecular weight excluding hydrogens is 462 g/mol. The summed E-state index contributed by atoms with van der Waals surface area (Å²) in [5.41, 5.74) is 7.57. The molecule has 2 aliphatic rings. The van der Waals surface area contributed by atoms with E-state index in [-0.39, 0.29) is 17.5 Å². The highest BCUT2D eigenvalue weighted by molar-refractivity contribution is 5.65. The van der Waals surface area contributed by atoms with Gasteiger partial charge in [-0.25, -0.2) is 4.98 Å². The molecule has 1 unspecified atom stereocenters. The maximum Gasteiger partial charge on any atom is 0.166 e. The number of hydrogen-bond donors (Lipinski definition) is 2. The molecule has 194 valence electrons. The van der Waals surface area contributed by atoms with Crippen LogP contribution in [-0.4, -0.2) is 50.5 Å². The van der Waals surface area contributed by atoms with Gasteiger partial charge in [0.25, 0.3) is 0 Å². The van der Waals surface area contributed by atoms with Crippen LogP contribution in [0.2, 0.25) is 0 Å². The Bertz CT molecular complexity index is 1360. The fraction of sp³-hybridized carbons (Fsp3) is 0.467. The number of hydrogen-bond acceptors (Lipinski definition) is 6. The summed E-state index contributed by atoms with van der Waals surface area (Å²) in [6, 6.07) is 8.91. The van der Waals surface area contributed by atoms with Gasteiger partial charge in [0.2, 0.25) is 0 Å². The van der Waals surface area contributed by atoms with Crippen LogP contribution < -0.4 is 10.5 Å². The molecule has 1 saturated heterocycles. The zero-order valence-electron chi connectivity index (χ0n) is 23.7. The van der Waals surface area contributed by atoms with Crippen LogP contribution in [0.4, 0.5) is 5.82 Å². The van der Waals surface area contributed by atoms with Crippen molar-refractivity contribution in [2.45, 2.75) is 63.7 Å². The fourth-order valence-electron chi connectivity index (χ4n) is 5.20. The minimum atomic E-state index is -2.18. The van der Waals surface area contributed by atoms with Crippen LogP contribution in [0, 0.1) is 17.8 Å². The average Bonchev–Trinajstić information content (AvgIpc) is 3.63. The standard InChI is InChI=1S/C30H37N5O2/c1-30(36,26-8-3-4-9-26)13-10-22-6-5-7-23(16-22)21-37-28-17-24(18-32-29(28)31)25-19-33-35(20-25)27-11-14-34(2)15-12-27/h5-7,16-20,26-27,36H,3-4,8-9,11-12,14-15,21H2,1-2H3,(H2,31,32)/i21D2. The lowest BCUT2D eigenvalue weighted by Crippen LogP contribution is -2.31. The van der Waals surface area contributed by atoms with Crippen LogP contribution >= 0.6 is 0 Å². The molecule has 1 aliphatic heterocycles. The van der Waals surface area contributed by atoms with Gasteiger partial charge < -0.3 is 20.5 Å². The summed E-state index contributed by atoms with van der Waals surface area (Å²) in [5, 5.41) is 15.4. The second kappa shape index (κ2) is 11.0. The predicted molar refractivity (Wildman–Crippen MR) is 146 cm³/mol. The summed E-state index contributed by atoms with van der Waals surface area (Å²) in [5.74, 6) is 6.48. The largest absolute Gasteiger partial charge is 0.485 e. The van der Waals surface area contributed by atoms with Gasteiger partial charge in [-0.1, -0.05) is 36.8 Å². The first-order valence-electron chi connectivity index (χ1n) is 14.1. The number of aliphatic hydroxyl groups is 1. The maximum absolute atomic E-state index is 10.8. The molecule has 2 fully saturated rings. The third kappa shape index (κ3) is 6.15. The summed E-state index contributed by atoms with van der Waals surface area (Å²) >= 11 is 0. The number of nitrogens with two attached hydrogens (primary N) is 1. The predicted octanol–water partition coefficient (Wildman–Crippen LogP) is 4.67. The van der Waals surface area contributed by atoms with Crippen molar-refractivity contribution in [1.82, 2.24) is 19.7 Å². The Morgan fingerprint density at radius 1 is 1.16 bits per heavy atom. The van der Waals surface area contributed by atoms with Gasteiger partial charge >= 0.3 is 0 Å². The molecule has 0 amide bonds. The van der Waals surface area contributed by atoms with Gasteiger partial charge in [0, 0.05) is 29.1 Å². The molecule has 5 rings (SSSR count). The Balaban J connectivity index is 1.33. The van der Waals surface area contributed by atoms with E-state index in [1.54, 1.807) is 49.6 Å². The van der Waals surface area contributed by atoms with E-state index in [9.17, 15) is 5.11 Å².